The van der Waals surface area contributed by atoms with E-state index in [0.717, 1.165) is 10.3 Å². The van der Waals surface area contributed by atoms with Crippen LogP contribution in [0.3, 0.4) is 0 Å². The number of ether oxygens (including phenoxy) is 3. The van der Waals surface area contributed by atoms with Crippen molar-refractivity contribution < 1.29 is 19.0 Å². The van der Waals surface area contributed by atoms with E-state index in [9.17, 15) is 4.79 Å². The smallest absolute Gasteiger partial charge is 0.266 e. The Morgan fingerprint density at radius 2 is 1.77 bits per heavy atom. The molecule has 9 heteroatoms. The molecular weight excluding hydrogens is 438 g/mol. The van der Waals surface area contributed by atoms with Crippen LogP contribution in [0, 0.1) is 6.92 Å². The molecule has 1 heterocycles. The minimum absolute atomic E-state index is 0. The van der Waals surface area contributed by atoms with Crippen LogP contribution < -0.4 is 19.1 Å². The number of aromatic nitrogens is 1. The van der Waals surface area contributed by atoms with Crippen molar-refractivity contribution in [2.24, 2.45) is 0 Å². The molecule has 0 aliphatic rings. The van der Waals surface area contributed by atoms with E-state index in [1.54, 1.807) is 19.1 Å². The molecule has 1 aromatic heterocycles. The monoisotopic (exact) mass is 465 g/mol. The third kappa shape index (κ3) is 6.00. The van der Waals surface area contributed by atoms with E-state index in [4.69, 9.17) is 19.2 Å². The Bertz CT molecular complexity index is 984. The molecule has 7 nitrogen and oxygen atoms in total. The zero-order valence-corrected chi connectivity index (χ0v) is 20.0. The number of carbonyl (C=O) groups is 1. The number of rotatable bonds is 9. The van der Waals surface area contributed by atoms with Gasteiger partial charge < -0.3 is 19.1 Å². The van der Waals surface area contributed by atoms with E-state index in [2.05, 4.69) is 0 Å². The number of halogens is 1. The summed E-state index contributed by atoms with van der Waals surface area (Å²) in [5.74, 6) is 1.86. The van der Waals surface area contributed by atoms with Gasteiger partial charge in [-0.2, -0.15) is 0 Å². The predicted octanol–water partition coefficient (Wildman–Crippen LogP) is 4.02. The summed E-state index contributed by atoms with van der Waals surface area (Å²) in [6.07, 6.45) is 0. The van der Waals surface area contributed by atoms with Crippen LogP contribution in [0.15, 0.2) is 36.4 Å². The third-order valence-electron chi connectivity index (χ3n) is 4.55. The lowest BCUT2D eigenvalue weighted by Crippen LogP contribution is -2.39. The molecule has 0 fully saturated rings. The third-order valence-corrected chi connectivity index (χ3v) is 5.65. The van der Waals surface area contributed by atoms with E-state index in [0.29, 0.717) is 41.0 Å². The number of nitrogens with zero attached hydrogens (tertiary/aromatic N) is 3. The number of carbonyl (C=O) groups excluding carboxylic acids is 1. The van der Waals surface area contributed by atoms with E-state index in [1.165, 1.54) is 11.3 Å². The molecular formula is C22H28ClN3O4S. The maximum atomic E-state index is 13.1. The van der Waals surface area contributed by atoms with Crippen LogP contribution >= 0.6 is 23.7 Å². The van der Waals surface area contributed by atoms with Gasteiger partial charge in [0.1, 0.15) is 27.5 Å². The molecule has 0 saturated carbocycles. The number of thiazole rings is 1. The van der Waals surface area contributed by atoms with Gasteiger partial charge in [-0.05, 0) is 50.8 Å². The first-order valence-corrected chi connectivity index (χ1v) is 10.4. The molecule has 0 aliphatic carbocycles. The maximum Gasteiger partial charge on any atom is 0.266 e. The average molecular weight is 466 g/mol. The minimum atomic E-state index is -0.157. The molecule has 3 aromatic rings. The zero-order chi connectivity index (χ0) is 21.7. The van der Waals surface area contributed by atoms with Gasteiger partial charge in [0.25, 0.3) is 5.91 Å². The second-order valence-corrected chi connectivity index (χ2v) is 8.08. The Hall–Kier alpha value is -2.55. The predicted molar refractivity (Wildman–Crippen MR) is 128 cm³/mol. The van der Waals surface area contributed by atoms with Gasteiger partial charge in [-0.15, -0.1) is 12.4 Å². The van der Waals surface area contributed by atoms with Gasteiger partial charge in [0.05, 0.1) is 14.2 Å². The number of fused-ring (bicyclic) bond motifs is 1. The summed E-state index contributed by atoms with van der Waals surface area (Å²) in [6, 6.07) is 11.3. The fourth-order valence-electron chi connectivity index (χ4n) is 2.94. The van der Waals surface area contributed by atoms with E-state index in [1.807, 2.05) is 62.3 Å². The van der Waals surface area contributed by atoms with Crippen molar-refractivity contribution in [3.05, 3.63) is 42.0 Å². The van der Waals surface area contributed by atoms with Gasteiger partial charge in [-0.1, -0.05) is 23.5 Å². The van der Waals surface area contributed by atoms with Crippen molar-refractivity contribution in [2.75, 3.05) is 52.9 Å². The quantitative estimate of drug-likeness (QED) is 0.475. The van der Waals surface area contributed by atoms with Crippen molar-refractivity contribution in [3.8, 4) is 17.2 Å². The van der Waals surface area contributed by atoms with Gasteiger partial charge in [-0.3, -0.25) is 9.69 Å². The van der Waals surface area contributed by atoms with Crippen LogP contribution in [0.2, 0.25) is 0 Å². The highest BCUT2D eigenvalue weighted by atomic mass is 35.5. The fourth-order valence-corrected chi connectivity index (χ4v) is 4.06. The van der Waals surface area contributed by atoms with Gasteiger partial charge in [0.2, 0.25) is 0 Å². The summed E-state index contributed by atoms with van der Waals surface area (Å²) < 4.78 is 17.5. The average Bonchev–Trinajstić information content (AvgIpc) is 3.16. The number of methoxy groups -OCH3 is 2. The summed E-state index contributed by atoms with van der Waals surface area (Å²) in [5.41, 5.74) is 1.76. The van der Waals surface area contributed by atoms with Crippen molar-refractivity contribution >= 4 is 45.0 Å². The highest BCUT2D eigenvalue weighted by molar-refractivity contribution is 7.22. The van der Waals surface area contributed by atoms with Gasteiger partial charge in [0, 0.05) is 13.1 Å². The number of amides is 1. The molecule has 31 heavy (non-hydrogen) atoms. The highest BCUT2D eigenvalue weighted by Gasteiger charge is 2.23. The molecule has 0 atom stereocenters. The van der Waals surface area contributed by atoms with Gasteiger partial charge in [0.15, 0.2) is 11.7 Å². The molecule has 0 radical (unpaired) electrons. The van der Waals surface area contributed by atoms with Gasteiger partial charge in [-0.25, -0.2) is 4.98 Å². The summed E-state index contributed by atoms with van der Waals surface area (Å²) >= 11 is 1.41. The zero-order valence-electron chi connectivity index (χ0n) is 18.4. The van der Waals surface area contributed by atoms with E-state index < -0.39 is 0 Å². The number of hydrogen-bond acceptors (Lipinski definition) is 7. The number of aryl methyl sites for hydroxylation is 1. The van der Waals surface area contributed by atoms with Crippen molar-refractivity contribution in [1.82, 2.24) is 9.88 Å². The SMILES string of the molecule is COc1ccc(OC)c2sc(N(CCN(C)C)C(=O)COc3cccc(C)c3)nc12.Cl. The largest absolute Gasteiger partial charge is 0.495 e. The Morgan fingerprint density at radius 1 is 1.06 bits per heavy atom. The Kier molecular flexibility index (Phi) is 8.91. The molecule has 2 aromatic carbocycles. The summed E-state index contributed by atoms with van der Waals surface area (Å²) in [6.45, 7) is 3.11. The normalized spacial score (nSPS) is 10.6. The Morgan fingerprint density at radius 3 is 2.42 bits per heavy atom. The molecule has 0 spiro atoms. The lowest BCUT2D eigenvalue weighted by Gasteiger charge is -2.22. The van der Waals surface area contributed by atoms with E-state index >= 15 is 0 Å². The standard InChI is InChI=1S/C22H27N3O4S.ClH/c1-15-7-6-8-16(13-15)29-14-19(26)25(12-11-24(2)3)22-23-20-17(27-4)9-10-18(28-5)21(20)30-22;/h6-10,13H,11-12,14H2,1-5H3;1H. The van der Waals surface area contributed by atoms with Crippen LogP contribution in [0.5, 0.6) is 17.2 Å². The first-order valence-electron chi connectivity index (χ1n) is 9.59. The van der Waals surface area contributed by atoms with Crippen LogP contribution in [0.4, 0.5) is 5.13 Å². The molecule has 0 bridgehead atoms. The van der Waals surface area contributed by atoms with Crippen molar-refractivity contribution in [2.45, 2.75) is 6.92 Å². The van der Waals surface area contributed by atoms with Gasteiger partial charge >= 0.3 is 0 Å². The van der Waals surface area contributed by atoms with Crippen LogP contribution in [0.25, 0.3) is 10.2 Å². The lowest BCUT2D eigenvalue weighted by atomic mass is 10.2. The van der Waals surface area contributed by atoms with Crippen LogP contribution in [-0.4, -0.2) is 63.8 Å². The molecule has 0 aliphatic heterocycles. The number of hydrogen-bond donors (Lipinski definition) is 0. The molecule has 0 unspecified atom stereocenters. The lowest BCUT2D eigenvalue weighted by molar-refractivity contribution is -0.120. The highest BCUT2D eigenvalue weighted by Crippen LogP contribution is 2.40. The van der Waals surface area contributed by atoms with E-state index in [-0.39, 0.29) is 24.9 Å². The summed E-state index contributed by atoms with van der Waals surface area (Å²) in [5, 5.41) is 0.590. The minimum Gasteiger partial charge on any atom is -0.495 e. The molecule has 3 rings (SSSR count). The summed E-state index contributed by atoms with van der Waals surface area (Å²) in [7, 11) is 7.16. The number of benzene rings is 2. The Labute approximate surface area is 192 Å². The van der Waals surface area contributed by atoms with Crippen LogP contribution in [-0.2, 0) is 4.79 Å². The maximum absolute atomic E-state index is 13.1. The fraction of sp³-hybridized carbons (Fsp3) is 0.364. The molecule has 1 amide bonds. The Balaban J connectivity index is 0.00000341. The van der Waals surface area contributed by atoms with Crippen molar-refractivity contribution in [3.63, 3.8) is 0 Å². The second kappa shape index (κ2) is 11.2. The number of anilines is 1. The molecule has 0 N–H and O–H groups in total. The first-order chi connectivity index (χ1) is 14.4. The van der Waals surface area contributed by atoms with Crippen LogP contribution in [0.1, 0.15) is 5.56 Å². The first kappa shape index (κ1) is 24.7. The number of likely N-dealkylation sites (N-methyl/N-ethyl adjacent to an activating group) is 1. The molecule has 0 saturated heterocycles. The second-order valence-electron chi connectivity index (χ2n) is 7.10. The van der Waals surface area contributed by atoms with Crippen molar-refractivity contribution in [1.29, 1.82) is 0 Å². The summed E-state index contributed by atoms with van der Waals surface area (Å²) in [4.78, 5) is 21.5. The topological polar surface area (TPSA) is 64.1 Å². The molecule has 168 valence electrons.